The molecule has 8 nitrogen and oxygen atoms in total. The lowest BCUT2D eigenvalue weighted by atomic mass is 10.0. The van der Waals surface area contributed by atoms with Gasteiger partial charge in [0.1, 0.15) is 11.8 Å². The van der Waals surface area contributed by atoms with Crippen molar-refractivity contribution in [3.63, 3.8) is 0 Å². The molecule has 1 fully saturated rings. The molecule has 0 radical (unpaired) electrons. The van der Waals surface area contributed by atoms with Crippen molar-refractivity contribution in [3.05, 3.63) is 24.3 Å². The van der Waals surface area contributed by atoms with Gasteiger partial charge in [0.25, 0.3) is 0 Å². The summed E-state index contributed by atoms with van der Waals surface area (Å²) in [5, 5.41) is 14.7. The number of carbonyl (C=O) groups excluding carboxylic acids is 3. The molecule has 0 aliphatic carbocycles. The third kappa shape index (κ3) is 5.22. The Morgan fingerprint density at radius 3 is 2.39 bits per heavy atom. The normalized spacial score (nSPS) is 18.7. The van der Waals surface area contributed by atoms with E-state index < -0.39 is 12.0 Å². The Bertz CT molecular complexity index is 704. The molecule has 8 heteroatoms. The molecule has 0 saturated carbocycles. The van der Waals surface area contributed by atoms with Gasteiger partial charge in [-0.05, 0) is 37.1 Å². The topological polar surface area (TPSA) is 108 Å². The lowest BCUT2D eigenvalue weighted by molar-refractivity contribution is -0.131. The average molecular weight is 391 g/mol. The first-order valence-electron chi connectivity index (χ1n) is 9.42. The van der Waals surface area contributed by atoms with Gasteiger partial charge >= 0.3 is 0 Å². The lowest BCUT2D eigenvalue weighted by Gasteiger charge is -2.23. The van der Waals surface area contributed by atoms with Gasteiger partial charge in [0.15, 0.2) is 0 Å². The number of amides is 3. The molecule has 1 aromatic carbocycles. The van der Waals surface area contributed by atoms with Crippen molar-refractivity contribution in [3.8, 4) is 5.75 Å². The van der Waals surface area contributed by atoms with Crippen LogP contribution in [0.4, 0.5) is 5.69 Å². The number of benzene rings is 1. The van der Waals surface area contributed by atoms with E-state index in [0.29, 0.717) is 11.4 Å². The second kappa shape index (κ2) is 9.54. The summed E-state index contributed by atoms with van der Waals surface area (Å²) in [6.45, 7) is 5.46. The molecule has 3 N–H and O–H groups in total. The Hall–Kier alpha value is -2.61. The summed E-state index contributed by atoms with van der Waals surface area (Å²) < 4.78 is 5.11. The van der Waals surface area contributed by atoms with Gasteiger partial charge in [-0.2, -0.15) is 0 Å². The van der Waals surface area contributed by atoms with Gasteiger partial charge in [-0.15, -0.1) is 0 Å². The predicted molar refractivity (Wildman–Crippen MR) is 105 cm³/mol. The molecule has 3 amide bonds. The van der Waals surface area contributed by atoms with Crippen LogP contribution in [0.5, 0.6) is 5.75 Å². The molecule has 1 aliphatic heterocycles. The number of nitrogens with zero attached hydrogens (tertiary/aromatic N) is 1. The van der Waals surface area contributed by atoms with Gasteiger partial charge in [-0.25, -0.2) is 0 Å². The first-order valence-corrected chi connectivity index (χ1v) is 9.42. The molecule has 2 rings (SSSR count). The molecular weight excluding hydrogens is 362 g/mol. The number of hydrogen-bond acceptors (Lipinski definition) is 5. The maximum absolute atomic E-state index is 12.5. The second-order valence-corrected chi connectivity index (χ2v) is 7.38. The minimum Gasteiger partial charge on any atom is -0.497 e. The Morgan fingerprint density at radius 1 is 1.21 bits per heavy atom. The van der Waals surface area contributed by atoms with Crippen molar-refractivity contribution < 1.29 is 24.2 Å². The number of hydrogen-bond donors (Lipinski definition) is 3. The quantitative estimate of drug-likeness (QED) is 0.604. The summed E-state index contributed by atoms with van der Waals surface area (Å²) in [5.41, 5.74) is 0.703. The number of aliphatic hydroxyl groups is 1. The molecule has 0 spiro atoms. The highest BCUT2D eigenvalue weighted by Gasteiger charge is 2.36. The maximum atomic E-state index is 12.5. The van der Waals surface area contributed by atoms with Crippen LogP contribution in [0.15, 0.2) is 24.3 Å². The van der Waals surface area contributed by atoms with Crippen molar-refractivity contribution >= 4 is 23.4 Å². The summed E-state index contributed by atoms with van der Waals surface area (Å²) in [6.07, 6.45) is 0.0947. The number of methoxy groups -OCH3 is 1. The Kier molecular flexibility index (Phi) is 7.39. The molecule has 1 heterocycles. The number of anilines is 1. The summed E-state index contributed by atoms with van der Waals surface area (Å²) in [5.74, 6) is -0.602. The number of aliphatic hydroxyl groups excluding tert-OH is 1. The van der Waals surface area contributed by atoms with E-state index in [2.05, 4.69) is 10.6 Å². The zero-order valence-electron chi connectivity index (χ0n) is 16.8. The molecule has 0 bridgehead atoms. The second-order valence-electron chi connectivity index (χ2n) is 7.38. The van der Waals surface area contributed by atoms with Crippen LogP contribution < -0.4 is 20.3 Å². The van der Waals surface area contributed by atoms with Crippen molar-refractivity contribution in [2.24, 2.45) is 11.8 Å². The fourth-order valence-electron chi connectivity index (χ4n) is 3.02. The van der Waals surface area contributed by atoms with Gasteiger partial charge in [0, 0.05) is 18.7 Å². The number of nitrogens with one attached hydrogen (secondary N) is 2. The van der Waals surface area contributed by atoms with E-state index in [4.69, 9.17) is 4.74 Å². The first-order chi connectivity index (χ1) is 13.3. The van der Waals surface area contributed by atoms with Crippen LogP contribution in [0.1, 0.15) is 27.2 Å². The molecule has 1 aliphatic rings. The maximum Gasteiger partial charge on any atom is 0.242 e. The van der Waals surface area contributed by atoms with Crippen LogP contribution in [0.25, 0.3) is 0 Å². The fraction of sp³-hybridized carbons (Fsp3) is 0.550. The number of ether oxygens (including phenoxy) is 1. The van der Waals surface area contributed by atoms with Crippen LogP contribution in [-0.2, 0) is 14.4 Å². The van der Waals surface area contributed by atoms with Crippen molar-refractivity contribution in [2.75, 3.05) is 25.2 Å². The Labute approximate surface area is 165 Å². The smallest absolute Gasteiger partial charge is 0.242 e. The van der Waals surface area contributed by atoms with E-state index in [1.807, 2.05) is 13.8 Å². The highest BCUT2D eigenvalue weighted by molar-refractivity contribution is 6.01. The largest absolute Gasteiger partial charge is 0.497 e. The first kappa shape index (κ1) is 21.7. The number of rotatable bonds is 8. The Morgan fingerprint density at radius 2 is 1.86 bits per heavy atom. The van der Waals surface area contributed by atoms with E-state index in [1.54, 1.807) is 43.2 Å². The summed E-state index contributed by atoms with van der Waals surface area (Å²) in [6, 6.07) is 5.93. The predicted octanol–water partition coefficient (Wildman–Crippen LogP) is 0.686. The molecule has 0 aromatic heterocycles. The summed E-state index contributed by atoms with van der Waals surface area (Å²) >= 11 is 0. The van der Waals surface area contributed by atoms with Crippen LogP contribution in [0, 0.1) is 11.8 Å². The molecule has 154 valence electrons. The summed E-state index contributed by atoms with van der Waals surface area (Å²) in [7, 11) is 1.57. The van der Waals surface area contributed by atoms with E-state index in [-0.39, 0.29) is 49.3 Å². The molecule has 28 heavy (non-hydrogen) atoms. The van der Waals surface area contributed by atoms with Crippen molar-refractivity contribution in [1.29, 1.82) is 0 Å². The third-order valence-electron chi connectivity index (χ3n) is 4.96. The van der Waals surface area contributed by atoms with Crippen LogP contribution in [-0.4, -0.2) is 55.2 Å². The van der Waals surface area contributed by atoms with Gasteiger partial charge in [0.05, 0.1) is 25.7 Å². The molecule has 3 atom stereocenters. The lowest BCUT2D eigenvalue weighted by Crippen LogP contribution is -2.51. The van der Waals surface area contributed by atoms with Gasteiger partial charge in [0.2, 0.25) is 17.7 Å². The van der Waals surface area contributed by atoms with Crippen molar-refractivity contribution in [1.82, 2.24) is 10.6 Å². The zero-order chi connectivity index (χ0) is 20.8. The molecule has 3 unspecified atom stereocenters. The monoisotopic (exact) mass is 391 g/mol. The minimum atomic E-state index is -0.759. The van der Waals surface area contributed by atoms with Crippen LogP contribution in [0.3, 0.4) is 0 Å². The SMILES string of the molecule is COc1ccc(N2CC(C(=O)NC(C)C(=O)NC(CO)C(C)C)CC2=O)cc1. The highest BCUT2D eigenvalue weighted by atomic mass is 16.5. The fourth-order valence-corrected chi connectivity index (χ4v) is 3.02. The Balaban J connectivity index is 1.93. The van der Waals surface area contributed by atoms with Crippen LogP contribution in [0.2, 0.25) is 0 Å². The van der Waals surface area contributed by atoms with Crippen LogP contribution >= 0.6 is 0 Å². The zero-order valence-corrected chi connectivity index (χ0v) is 16.8. The highest BCUT2D eigenvalue weighted by Crippen LogP contribution is 2.27. The molecule has 1 saturated heterocycles. The standard InChI is InChI=1S/C20H29N3O5/c1-12(2)17(11-24)22-19(26)13(3)21-20(27)14-9-18(25)23(10-14)15-5-7-16(28-4)8-6-15/h5-8,12-14,17,24H,9-11H2,1-4H3,(H,21,27)(H,22,26). The average Bonchev–Trinajstić information content (AvgIpc) is 3.07. The molecule has 1 aromatic rings. The minimum absolute atomic E-state index is 0.0716. The van der Waals surface area contributed by atoms with E-state index in [1.165, 1.54) is 0 Å². The van der Waals surface area contributed by atoms with Gasteiger partial charge in [-0.3, -0.25) is 14.4 Å². The van der Waals surface area contributed by atoms with Crippen molar-refractivity contribution in [2.45, 2.75) is 39.3 Å². The van der Waals surface area contributed by atoms with Gasteiger partial charge in [-0.1, -0.05) is 13.8 Å². The van der Waals surface area contributed by atoms with E-state index in [9.17, 15) is 19.5 Å². The van der Waals surface area contributed by atoms with Gasteiger partial charge < -0.3 is 25.4 Å². The summed E-state index contributed by atoms with van der Waals surface area (Å²) in [4.78, 5) is 38.7. The molecular formula is C20H29N3O5. The van der Waals surface area contributed by atoms with E-state index >= 15 is 0 Å². The number of carbonyl (C=O) groups is 3. The third-order valence-corrected chi connectivity index (χ3v) is 4.96. The van der Waals surface area contributed by atoms with E-state index in [0.717, 1.165) is 0 Å².